The molecule has 1 aliphatic rings. The Morgan fingerprint density at radius 2 is 1.65 bits per heavy atom. The van der Waals surface area contributed by atoms with Gasteiger partial charge >= 0.3 is 0 Å². The summed E-state index contributed by atoms with van der Waals surface area (Å²) in [5.74, 6) is -1.11. The Bertz CT molecular complexity index is 894. The van der Waals surface area contributed by atoms with Crippen LogP contribution in [0.5, 0.6) is 0 Å². The van der Waals surface area contributed by atoms with Gasteiger partial charge in [0.25, 0.3) is 11.8 Å². The number of carbonyl (C=O) groups is 3. The minimum absolute atomic E-state index is 0.0817. The molecule has 0 aromatic heterocycles. The van der Waals surface area contributed by atoms with Crippen molar-refractivity contribution in [1.82, 2.24) is 15.5 Å². The zero-order valence-electron chi connectivity index (χ0n) is 17.6. The summed E-state index contributed by atoms with van der Waals surface area (Å²) in [6.07, 6.45) is 1.98. The van der Waals surface area contributed by atoms with Crippen LogP contribution in [0.2, 0.25) is 0 Å². The molecule has 0 spiro atoms. The van der Waals surface area contributed by atoms with Gasteiger partial charge in [-0.2, -0.15) is 0 Å². The molecule has 31 heavy (non-hydrogen) atoms. The highest BCUT2D eigenvalue weighted by Gasteiger charge is 2.34. The maximum Gasteiger partial charge on any atom is 0.253 e. The summed E-state index contributed by atoms with van der Waals surface area (Å²) in [5.41, 5.74) is 0.939. The smallest absolute Gasteiger partial charge is 0.253 e. The molecule has 0 aliphatic carbocycles. The average Bonchev–Trinajstić information content (AvgIpc) is 2.81. The van der Waals surface area contributed by atoms with Crippen molar-refractivity contribution in [2.45, 2.75) is 32.2 Å². The number of nitrogens with one attached hydrogen (secondary N) is 2. The molecule has 0 unspecified atom stereocenters. The lowest BCUT2D eigenvalue weighted by atomic mass is 9.88. The van der Waals surface area contributed by atoms with Crippen molar-refractivity contribution >= 4 is 17.7 Å². The Morgan fingerprint density at radius 1 is 1.00 bits per heavy atom. The first-order valence-electron chi connectivity index (χ1n) is 10.7. The van der Waals surface area contributed by atoms with E-state index in [0.29, 0.717) is 43.6 Å². The maximum absolute atomic E-state index is 13.1. The van der Waals surface area contributed by atoms with Crippen LogP contribution in [0.15, 0.2) is 54.6 Å². The van der Waals surface area contributed by atoms with Gasteiger partial charge in [-0.05, 0) is 61.6 Å². The second kappa shape index (κ2) is 10.7. The van der Waals surface area contributed by atoms with Crippen molar-refractivity contribution < 1.29 is 18.8 Å². The topological polar surface area (TPSA) is 78.5 Å². The normalized spacial score (nSPS) is 15.2. The quantitative estimate of drug-likeness (QED) is 0.716. The third-order valence-electron chi connectivity index (χ3n) is 5.54. The highest BCUT2D eigenvalue weighted by molar-refractivity contribution is 5.97. The van der Waals surface area contributed by atoms with Crippen LogP contribution in [-0.4, -0.2) is 48.3 Å². The molecule has 3 rings (SSSR count). The molecule has 2 N–H and O–H groups in total. The highest BCUT2D eigenvalue weighted by Crippen LogP contribution is 2.23. The van der Waals surface area contributed by atoms with E-state index in [1.165, 1.54) is 24.3 Å². The van der Waals surface area contributed by atoms with Gasteiger partial charge in [-0.1, -0.05) is 25.1 Å². The highest BCUT2D eigenvalue weighted by atomic mass is 19.1. The van der Waals surface area contributed by atoms with Crippen LogP contribution in [0, 0.1) is 11.7 Å². The molecule has 2 aromatic rings. The Morgan fingerprint density at radius 3 is 2.26 bits per heavy atom. The summed E-state index contributed by atoms with van der Waals surface area (Å²) in [4.78, 5) is 39.9. The number of likely N-dealkylation sites (tertiary alicyclic amines) is 1. The van der Waals surface area contributed by atoms with Crippen molar-refractivity contribution in [2.75, 3.05) is 19.6 Å². The summed E-state index contributed by atoms with van der Waals surface area (Å²) >= 11 is 0. The zero-order chi connectivity index (χ0) is 22.2. The van der Waals surface area contributed by atoms with E-state index in [9.17, 15) is 18.8 Å². The van der Waals surface area contributed by atoms with E-state index in [0.717, 1.165) is 6.42 Å². The van der Waals surface area contributed by atoms with Crippen LogP contribution in [0.4, 0.5) is 4.39 Å². The van der Waals surface area contributed by atoms with E-state index in [4.69, 9.17) is 0 Å². The Labute approximate surface area is 181 Å². The molecular formula is C24H28FN3O3. The minimum atomic E-state index is -0.665. The first-order valence-corrected chi connectivity index (χ1v) is 10.7. The number of benzene rings is 2. The molecule has 1 aliphatic heterocycles. The maximum atomic E-state index is 13.1. The average molecular weight is 426 g/mol. The summed E-state index contributed by atoms with van der Waals surface area (Å²) in [6.45, 7) is 3.45. The summed E-state index contributed by atoms with van der Waals surface area (Å²) in [5, 5.41) is 5.78. The van der Waals surface area contributed by atoms with Crippen molar-refractivity contribution in [3.63, 3.8) is 0 Å². The molecule has 6 nitrogen and oxygen atoms in total. The van der Waals surface area contributed by atoms with Crippen LogP contribution < -0.4 is 10.6 Å². The van der Waals surface area contributed by atoms with Gasteiger partial charge in [-0.25, -0.2) is 4.39 Å². The predicted molar refractivity (Wildman–Crippen MR) is 116 cm³/mol. The molecule has 0 radical (unpaired) electrons. The Hall–Kier alpha value is -3.22. The van der Waals surface area contributed by atoms with E-state index in [2.05, 4.69) is 10.6 Å². The van der Waals surface area contributed by atoms with Crippen molar-refractivity contribution in [2.24, 2.45) is 5.92 Å². The fourth-order valence-corrected chi connectivity index (χ4v) is 3.78. The molecular weight excluding hydrogens is 397 g/mol. The molecule has 3 amide bonds. The van der Waals surface area contributed by atoms with Gasteiger partial charge in [0.2, 0.25) is 5.91 Å². The second-order valence-corrected chi connectivity index (χ2v) is 7.74. The standard InChI is InChI=1S/C24H28FN3O3/c1-2-14-26-23(30)21(27-22(29)18-6-4-3-5-7-18)17-12-15-28(16-13-17)24(31)19-8-10-20(25)11-9-19/h3-11,17,21H,2,12-16H2,1H3,(H,26,30)(H,27,29)/t21-/m1/s1. The number of piperidine rings is 1. The summed E-state index contributed by atoms with van der Waals surface area (Å²) in [7, 11) is 0. The Balaban J connectivity index is 1.66. The summed E-state index contributed by atoms with van der Waals surface area (Å²) < 4.78 is 13.1. The molecule has 164 valence electrons. The molecule has 0 saturated carbocycles. The first-order chi connectivity index (χ1) is 15.0. The van der Waals surface area contributed by atoms with Crippen molar-refractivity contribution in [3.8, 4) is 0 Å². The van der Waals surface area contributed by atoms with Gasteiger partial charge < -0.3 is 15.5 Å². The number of nitrogens with zero attached hydrogens (tertiary/aromatic N) is 1. The lowest BCUT2D eigenvalue weighted by Gasteiger charge is -2.36. The number of rotatable bonds is 7. The van der Waals surface area contributed by atoms with Crippen LogP contribution in [0.25, 0.3) is 0 Å². The van der Waals surface area contributed by atoms with Gasteiger partial charge in [0.15, 0.2) is 0 Å². The largest absolute Gasteiger partial charge is 0.354 e. The lowest BCUT2D eigenvalue weighted by molar-refractivity contribution is -0.124. The van der Waals surface area contributed by atoms with E-state index in [-0.39, 0.29) is 29.5 Å². The van der Waals surface area contributed by atoms with Gasteiger partial charge in [0.05, 0.1) is 0 Å². The van der Waals surface area contributed by atoms with Crippen LogP contribution in [0.1, 0.15) is 46.9 Å². The van der Waals surface area contributed by atoms with E-state index in [1.807, 2.05) is 13.0 Å². The van der Waals surface area contributed by atoms with E-state index in [1.54, 1.807) is 29.2 Å². The molecule has 0 bridgehead atoms. The minimum Gasteiger partial charge on any atom is -0.354 e. The summed E-state index contributed by atoms with van der Waals surface area (Å²) in [6, 6.07) is 13.6. The van der Waals surface area contributed by atoms with Crippen molar-refractivity contribution in [1.29, 1.82) is 0 Å². The molecule has 2 aromatic carbocycles. The third kappa shape index (κ3) is 5.90. The molecule has 1 heterocycles. The third-order valence-corrected chi connectivity index (χ3v) is 5.54. The molecule has 7 heteroatoms. The number of halogens is 1. The predicted octanol–water partition coefficient (Wildman–Crippen LogP) is 3.00. The van der Waals surface area contributed by atoms with Crippen LogP contribution >= 0.6 is 0 Å². The number of hydrogen-bond acceptors (Lipinski definition) is 3. The molecule has 1 fully saturated rings. The van der Waals surface area contributed by atoms with E-state index >= 15 is 0 Å². The molecule has 1 atom stereocenters. The molecule has 1 saturated heterocycles. The fourth-order valence-electron chi connectivity index (χ4n) is 3.78. The Kier molecular flexibility index (Phi) is 7.76. The number of hydrogen-bond donors (Lipinski definition) is 2. The zero-order valence-corrected chi connectivity index (χ0v) is 17.6. The van der Waals surface area contributed by atoms with Crippen LogP contribution in [0.3, 0.4) is 0 Å². The van der Waals surface area contributed by atoms with Crippen LogP contribution in [-0.2, 0) is 4.79 Å². The van der Waals surface area contributed by atoms with Gasteiger partial charge in [-0.15, -0.1) is 0 Å². The van der Waals surface area contributed by atoms with Gasteiger partial charge in [-0.3, -0.25) is 14.4 Å². The van der Waals surface area contributed by atoms with E-state index < -0.39 is 6.04 Å². The van der Waals surface area contributed by atoms with Gasteiger partial charge in [0, 0.05) is 30.8 Å². The number of amides is 3. The van der Waals surface area contributed by atoms with Gasteiger partial charge in [0.1, 0.15) is 11.9 Å². The first kappa shape index (κ1) is 22.5. The fraction of sp³-hybridized carbons (Fsp3) is 0.375. The second-order valence-electron chi connectivity index (χ2n) is 7.74. The SMILES string of the molecule is CCCNC(=O)[C@H](NC(=O)c1ccccc1)C1CCN(C(=O)c2ccc(F)cc2)CC1. The monoisotopic (exact) mass is 425 g/mol. The van der Waals surface area contributed by atoms with Crippen molar-refractivity contribution in [3.05, 3.63) is 71.5 Å². The lowest BCUT2D eigenvalue weighted by Crippen LogP contribution is -2.54. The number of carbonyl (C=O) groups excluding carboxylic acids is 3.